The molecule has 0 bridgehead atoms. The fourth-order valence-corrected chi connectivity index (χ4v) is 1.93. The molecule has 0 unspecified atom stereocenters. The molecule has 0 aliphatic carbocycles. The van der Waals surface area contributed by atoms with Gasteiger partial charge in [-0.1, -0.05) is 41.9 Å². The van der Waals surface area contributed by atoms with Crippen LogP contribution >= 0.6 is 11.6 Å². The molecule has 104 valence electrons. The average Bonchev–Trinajstić information content (AvgIpc) is 2.44. The van der Waals surface area contributed by atoms with Crippen molar-refractivity contribution in [2.24, 2.45) is 4.99 Å². The highest BCUT2D eigenvalue weighted by molar-refractivity contribution is 6.29. The summed E-state index contributed by atoms with van der Waals surface area (Å²) in [6.45, 7) is 3.65. The first kappa shape index (κ1) is 14.3. The minimum Gasteiger partial charge on any atom is -0.428 e. The molecule has 5 heteroatoms. The van der Waals surface area contributed by atoms with E-state index in [-0.39, 0.29) is 11.1 Å². The lowest BCUT2D eigenvalue weighted by Gasteiger charge is -2.20. The largest absolute Gasteiger partial charge is 0.428 e. The van der Waals surface area contributed by atoms with Crippen LogP contribution in [-0.2, 0) is 10.2 Å². The van der Waals surface area contributed by atoms with Gasteiger partial charge in [-0.25, -0.2) is 4.99 Å². The zero-order chi connectivity index (χ0) is 14.8. The van der Waals surface area contributed by atoms with E-state index in [0.717, 1.165) is 10.3 Å². The standard InChI is InChI=1S/C15H15ClN2O2/c1-15(2,11-6-4-3-5-7-11)14(19)17-12-8-9-18(20)13(16)10-12/h3-10,20H,1-2H3. The van der Waals surface area contributed by atoms with Crippen LogP contribution in [0.4, 0.5) is 0 Å². The van der Waals surface area contributed by atoms with Gasteiger partial charge in [0.2, 0.25) is 0 Å². The number of amides is 1. The Morgan fingerprint density at radius 1 is 1.25 bits per heavy atom. The fraction of sp³-hybridized carbons (Fsp3) is 0.200. The molecule has 1 amide bonds. The van der Waals surface area contributed by atoms with Gasteiger partial charge < -0.3 is 5.21 Å². The van der Waals surface area contributed by atoms with E-state index in [9.17, 15) is 10.0 Å². The van der Waals surface area contributed by atoms with E-state index < -0.39 is 5.41 Å². The molecule has 0 radical (unpaired) electrons. The van der Waals surface area contributed by atoms with Crippen molar-refractivity contribution in [2.45, 2.75) is 19.3 Å². The minimum absolute atomic E-state index is 0.0940. The summed E-state index contributed by atoms with van der Waals surface area (Å²) < 4.78 is 0.757. The van der Waals surface area contributed by atoms with E-state index >= 15 is 0 Å². The predicted octanol–water partition coefficient (Wildman–Crippen LogP) is 2.78. The van der Waals surface area contributed by atoms with E-state index in [1.54, 1.807) is 0 Å². The maximum Gasteiger partial charge on any atom is 0.256 e. The molecular weight excluding hydrogens is 276 g/mol. The number of carbonyl (C=O) groups excluding carboxylic acids is 1. The van der Waals surface area contributed by atoms with Crippen molar-refractivity contribution >= 4 is 17.5 Å². The van der Waals surface area contributed by atoms with Crippen LogP contribution in [0.5, 0.6) is 0 Å². The molecule has 0 atom stereocenters. The summed E-state index contributed by atoms with van der Waals surface area (Å²) in [5.74, 6) is -0.268. The number of hydrogen-bond acceptors (Lipinski definition) is 2. The summed E-state index contributed by atoms with van der Waals surface area (Å²) in [4.78, 5) is 16.4. The van der Waals surface area contributed by atoms with Crippen LogP contribution < -0.4 is 5.36 Å². The van der Waals surface area contributed by atoms with Crippen LogP contribution in [0.25, 0.3) is 0 Å². The monoisotopic (exact) mass is 290 g/mol. The highest BCUT2D eigenvalue weighted by Gasteiger charge is 2.29. The normalized spacial score (nSPS) is 12.4. The van der Waals surface area contributed by atoms with Gasteiger partial charge in [-0.3, -0.25) is 4.79 Å². The average molecular weight is 291 g/mol. The van der Waals surface area contributed by atoms with E-state index in [1.807, 2.05) is 44.2 Å². The molecule has 0 aliphatic rings. The van der Waals surface area contributed by atoms with Crippen molar-refractivity contribution in [3.05, 3.63) is 64.7 Å². The molecule has 0 fully saturated rings. The molecule has 4 nitrogen and oxygen atoms in total. The van der Waals surface area contributed by atoms with Gasteiger partial charge in [0.25, 0.3) is 5.91 Å². The van der Waals surface area contributed by atoms with Crippen LogP contribution in [0.15, 0.2) is 53.7 Å². The predicted molar refractivity (Wildman–Crippen MR) is 76.7 cm³/mol. The zero-order valence-electron chi connectivity index (χ0n) is 11.2. The summed E-state index contributed by atoms with van der Waals surface area (Å²) >= 11 is 5.77. The molecule has 1 aromatic heterocycles. The molecular formula is C15H15ClN2O2. The van der Waals surface area contributed by atoms with Gasteiger partial charge in [-0.15, -0.1) is 0 Å². The Hall–Kier alpha value is -2.07. The summed E-state index contributed by atoms with van der Waals surface area (Å²) in [5, 5.41) is 9.78. The molecule has 20 heavy (non-hydrogen) atoms. The van der Waals surface area contributed by atoms with Gasteiger partial charge in [0.05, 0.1) is 10.8 Å². The van der Waals surface area contributed by atoms with Crippen molar-refractivity contribution in [1.29, 1.82) is 0 Å². The van der Waals surface area contributed by atoms with Crippen LogP contribution in [-0.4, -0.2) is 15.8 Å². The summed E-state index contributed by atoms with van der Waals surface area (Å²) in [6.07, 6.45) is 1.34. The summed E-state index contributed by atoms with van der Waals surface area (Å²) in [7, 11) is 0. The van der Waals surface area contributed by atoms with Gasteiger partial charge in [0.15, 0.2) is 0 Å². The lowest BCUT2D eigenvalue weighted by molar-refractivity contribution is -0.122. The molecule has 2 aromatic rings. The number of carbonyl (C=O) groups is 1. The van der Waals surface area contributed by atoms with Gasteiger partial charge in [-0.05, 0) is 25.5 Å². The van der Waals surface area contributed by atoms with Crippen molar-refractivity contribution < 1.29 is 10.0 Å². The lowest BCUT2D eigenvalue weighted by Crippen LogP contribution is -2.29. The molecule has 1 aromatic carbocycles. The van der Waals surface area contributed by atoms with E-state index in [1.165, 1.54) is 18.3 Å². The Bertz CT molecular complexity index is 691. The third-order valence-corrected chi connectivity index (χ3v) is 3.42. The third kappa shape index (κ3) is 2.91. The van der Waals surface area contributed by atoms with Gasteiger partial charge in [0, 0.05) is 12.3 Å². The fourth-order valence-electron chi connectivity index (χ4n) is 1.76. The minimum atomic E-state index is -0.723. The van der Waals surface area contributed by atoms with Crippen LogP contribution in [0.2, 0.25) is 5.15 Å². The quantitative estimate of drug-likeness (QED) is 0.683. The Kier molecular flexibility index (Phi) is 3.95. The lowest BCUT2D eigenvalue weighted by atomic mass is 9.84. The van der Waals surface area contributed by atoms with Crippen molar-refractivity contribution in [1.82, 2.24) is 4.73 Å². The van der Waals surface area contributed by atoms with E-state index in [0.29, 0.717) is 5.36 Å². The van der Waals surface area contributed by atoms with Crippen molar-refractivity contribution in [3.8, 4) is 0 Å². The number of nitrogens with zero attached hydrogens (tertiary/aromatic N) is 2. The topological polar surface area (TPSA) is 54.6 Å². The second kappa shape index (κ2) is 5.51. The second-order valence-corrected chi connectivity index (χ2v) is 5.35. The first-order valence-electron chi connectivity index (χ1n) is 6.13. The van der Waals surface area contributed by atoms with Crippen molar-refractivity contribution in [2.75, 3.05) is 0 Å². The van der Waals surface area contributed by atoms with Crippen LogP contribution in [0.3, 0.4) is 0 Å². The Morgan fingerprint density at radius 2 is 1.90 bits per heavy atom. The first-order valence-corrected chi connectivity index (χ1v) is 6.51. The SMILES string of the molecule is CC(C)(C(=O)N=c1ccn(O)c(Cl)c1)c1ccccc1. The molecule has 1 N–H and O–H groups in total. The molecule has 2 rings (SSSR count). The number of rotatable bonds is 2. The Morgan fingerprint density at radius 3 is 2.50 bits per heavy atom. The number of pyridine rings is 1. The van der Waals surface area contributed by atoms with E-state index in [4.69, 9.17) is 11.6 Å². The van der Waals surface area contributed by atoms with E-state index in [2.05, 4.69) is 4.99 Å². The third-order valence-electron chi connectivity index (χ3n) is 3.13. The summed E-state index contributed by atoms with van der Waals surface area (Å²) in [6, 6.07) is 12.4. The smallest absolute Gasteiger partial charge is 0.256 e. The highest BCUT2D eigenvalue weighted by Crippen LogP contribution is 2.24. The van der Waals surface area contributed by atoms with Crippen molar-refractivity contribution in [3.63, 3.8) is 0 Å². The maximum absolute atomic E-state index is 12.4. The summed E-state index contributed by atoms with van der Waals surface area (Å²) in [5.41, 5.74) is 0.173. The Labute approximate surface area is 121 Å². The van der Waals surface area contributed by atoms with Gasteiger partial charge in [-0.2, -0.15) is 4.73 Å². The number of aromatic nitrogens is 1. The second-order valence-electron chi connectivity index (χ2n) is 4.96. The number of benzene rings is 1. The number of hydrogen-bond donors (Lipinski definition) is 1. The van der Waals surface area contributed by atoms with Gasteiger partial charge in [0.1, 0.15) is 5.15 Å². The molecule has 0 saturated heterocycles. The van der Waals surface area contributed by atoms with Crippen LogP contribution in [0, 0.1) is 0 Å². The highest BCUT2D eigenvalue weighted by atomic mass is 35.5. The van der Waals surface area contributed by atoms with Crippen LogP contribution in [0.1, 0.15) is 19.4 Å². The van der Waals surface area contributed by atoms with Gasteiger partial charge >= 0.3 is 0 Å². The molecule has 0 spiro atoms. The first-order chi connectivity index (χ1) is 9.41. The molecule has 1 heterocycles. The number of halogens is 1. The molecule has 0 aliphatic heterocycles. The molecule has 0 saturated carbocycles. The zero-order valence-corrected chi connectivity index (χ0v) is 12.0. The maximum atomic E-state index is 12.4. The Balaban J connectivity index is 2.38.